The van der Waals surface area contributed by atoms with Gasteiger partial charge in [-0.3, -0.25) is 9.59 Å². The van der Waals surface area contributed by atoms with Gasteiger partial charge in [-0.2, -0.15) is 13.2 Å². The van der Waals surface area contributed by atoms with Crippen LogP contribution < -0.4 is 11.1 Å². The first kappa shape index (κ1) is 15.0. The van der Waals surface area contributed by atoms with Crippen molar-refractivity contribution in [3.05, 3.63) is 29.8 Å². The summed E-state index contributed by atoms with van der Waals surface area (Å²) in [5, 5.41) is 2.27. The molecule has 0 bridgehead atoms. The molecule has 0 saturated heterocycles. The lowest BCUT2D eigenvalue weighted by Gasteiger charge is -2.15. The molecule has 1 atom stereocenters. The van der Waals surface area contributed by atoms with Gasteiger partial charge in [0.25, 0.3) is 5.91 Å². The van der Waals surface area contributed by atoms with E-state index in [-0.39, 0.29) is 11.3 Å². The lowest BCUT2D eigenvalue weighted by atomic mass is 10.1. The van der Waals surface area contributed by atoms with Crippen LogP contribution in [0.1, 0.15) is 23.7 Å². The van der Waals surface area contributed by atoms with Gasteiger partial charge in [0.2, 0.25) is 5.91 Å². The highest BCUT2D eigenvalue weighted by molar-refractivity contribution is 6.03. The van der Waals surface area contributed by atoms with Crippen LogP contribution >= 0.6 is 0 Å². The Bertz CT molecular complexity index is 486. The van der Waals surface area contributed by atoms with Crippen molar-refractivity contribution in [1.29, 1.82) is 0 Å². The predicted octanol–water partition coefficient (Wildman–Crippen LogP) is 2.31. The van der Waals surface area contributed by atoms with Gasteiger partial charge in [-0.15, -0.1) is 0 Å². The first-order valence-corrected chi connectivity index (χ1v) is 5.47. The van der Waals surface area contributed by atoms with E-state index in [4.69, 9.17) is 5.73 Å². The van der Waals surface area contributed by atoms with Crippen LogP contribution in [0.2, 0.25) is 0 Å². The standard InChI is InChI=1S/C12H13F3N2O2/c1-7(6-12(13,14)15)11(19)17-9-5-3-2-4-8(9)10(16)18/h2-5,7H,6H2,1H3,(H2,16,18)(H,17,19)/t7-/m1/s1. The molecule has 0 saturated carbocycles. The molecule has 19 heavy (non-hydrogen) atoms. The number of alkyl halides is 3. The summed E-state index contributed by atoms with van der Waals surface area (Å²) in [6, 6.07) is 5.86. The zero-order valence-corrected chi connectivity index (χ0v) is 10.1. The van der Waals surface area contributed by atoms with Gasteiger partial charge in [0.15, 0.2) is 0 Å². The highest BCUT2D eigenvalue weighted by Crippen LogP contribution is 2.25. The molecular weight excluding hydrogens is 261 g/mol. The lowest BCUT2D eigenvalue weighted by molar-refractivity contribution is -0.150. The van der Waals surface area contributed by atoms with Crippen molar-refractivity contribution in [3.8, 4) is 0 Å². The summed E-state index contributed by atoms with van der Waals surface area (Å²) in [6.07, 6.45) is -5.64. The van der Waals surface area contributed by atoms with E-state index in [1.54, 1.807) is 0 Å². The van der Waals surface area contributed by atoms with Crippen LogP contribution in [0.5, 0.6) is 0 Å². The number of hydrogen-bond donors (Lipinski definition) is 2. The monoisotopic (exact) mass is 274 g/mol. The van der Waals surface area contributed by atoms with Crippen LogP contribution in [0.3, 0.4) is 0 Å². The summed E-state index contributed by atoms with van der Waals surface area (Å²) in [6.45, 7) is 1.16. The Labute approximate surface area is 107 Å². The van der Waals surface area contributed by atoms with Crippen molar-refractivity contribution in [2.75, 3.05) is 5.32 Å². The minimum Gasteiger partial charge on any atom is -0.366 e. The third-order valence-corrected chi connectivity index (χ3v) is 2.44. The molecule has 3 N–H and O–H groups in total. The number of para-hydroxylation sites is 1. The van der Waals surface area contributed by atoms with Crippen LogP contribution in [-0.4, -0.2) is 18.0 Å². The molecule has 1 aromatic carbocycles. The largest absolute Gasteiger partial charge is 0.389 e. The number of carbonyl (C=O) groups is 2. The number of amides is 2. The van der Waals surface area contributed by atoms with Crippen LogP contribution in [0.4, 0.5) is 18.9 Å². The first-order valence-electron chi connectivity index (χ1n) is 5.47. The maximum atomic E-state index is 12.2. The number of benzene rings is 1. The maximum Gasteiger partial charge on any atom is 0.389 e. The van der Waals surface area contributed by atoms with E-state index < -0.39 is 30.3 Å². The van der Waals surface area contributed by atoms with Crippen molar-refractivity contribution in [1.82, 2.24) is 0 Å². The van der Waals surface area contributed by atoms with Gasteiger partial charge in [-0.1, -0.05) is 19.1 Å². The van der Waals surface area contributed by atoms with E-state index in [9.17, 15) is 22.8 Å². The van der Waals surface area contributed by atoms with Crippen LogP contribution in [-0.2, 0) is 4.79 Å². The van der Waals surface area contributed by atoms with Gasteiger partial charge in [-0.05, 0) is 12.1 Å². The fourth-order valence-corrected chi connectivity index (χ4v) is 1.50. The van der Waals surface area contributed by atoms with E-state index in [0.717, 1.165) is 6.92 Å². The molecule has 1 aromatic rings. The van der Waals surface area contributed by atoms with Gasteiger partial charge in [0.05, 0.1) is 17.7 Å². The smallest absolute Gasteiger partial charge is 0.366 e. The molecule has 1 rings (SSSR count). The molecule has 4 nitrogen and oxygen atoms in total. The summed E-state index contributed by atoms with van der Waals surface area (Å²) in [5.74, 6) is -2.83. The number of nitrogens with two attached hydrogens (primary N) is 1. The Morgan fingerprint density at radius 1 is 1.32 bits per heavy atom. The van der Waals surface area contributed by atoms with Gasteiger partial charge in [0.1, 0.15) is 0 Å². The molecule has 7 heteroatoms. The average molecular weight is 274 g/mol. The summed E-state index contributed by atoms with van der Waals surface area (Å²) in [4.78, 5) is 22.7. The van der Waals surface area contributed by atoms with Gasteiger partial charge in [-0.25, -0.2) is 0 Å². The Morgan fingerprint density at radius 2 is 1.89 bits per heavy atom. The summed E-state index contributed by atoms with van der Waals surface area (Å²) < 4.78 is 36.5. The van der Waals surface area contributed by atoms with E-state index >= 15 is 0 Å². The summed E-state index contributed by atoms with van der Waals surface area (Å²) >= 11 is 0. The molecule has 0 aromatic heterocycles. The molecule has 104 valence electrons. The SMILES string of the molecule is C[C@H](CC(F)(F)F)C(=O)Nc1ccccc1C(N)=O. The average Bonchev–Trinajstić information content (AvgIpc) is 2.27. The molecule has 0 aliphatic carbocycles. The molecule has 0 spiro atoms. The predicted molar refractivity (Wildman–Crippen MR) is 63.4 cm³/mol. The zero-order valence-electron chi connectivity index (χ0n) is 10.1. The van der Waals surface area contributed by atoms with Crippen LogP contribution in [0, 0.1) is 5.92 Å². The van der Waals surface area contributed by atoms with Crippen LogP contribution in [0.15, 0.2) is 24.3 Å². The molecule has 0 aliphatic rings. The number of halogens is 3. The zero-order chi connectivity index (χ0) is 14.6. The topological polar surface area (TPSA) is 72.2 Å². The number of rotatable bonds is 4. The fraction of sp³-hybridized carbons (Fsp3) is 0.333. The fourth-order valence-electron chi connectivity index (χ4n) is 1.50. The van der Waals surface area contributed by atoms with E-state index in [1.807, 2.05) is 0 Å². The molecule has 0 radical (unpaired) electrons. The van der Waals surface area contributed by atoms with Crippen LogP contribution in [0.25, 0.3) is 0 Å². The Hall–Kier alpha value is -2.05. The molecule has 0 aliphatic heterocycles. The van der Waals surface area contributed by atoms with Crippen molar-refractivity contribution in [2.24, 2.45) is 11.7 Å². The second-order valence-corrected chi connectivity index (χ2v) is 4.12. The Kier molecular flexibility index (Phi) is 4.52. The number of carbonyl (C=O) groups excluding carboxylic acids is 2. The number of nitrogens with one attached hydrogen (secondary N) is 1. The lowest BCUT2D eigenvalue weighted by Crippen LogP contribution is -2.26. The third-order valence-electron chi connectivity index (χ3n) is 2.44. The minimum atomic E-state index is -4.42. The number of anilines is 1. The maximum absolute atomic E-state index is 12.2. The summed E-state index contributed by atoms with van der Waals surface area (Å²) in [7, 11) is 0. The van der Waals surface area contributed by atoms with Gasteiger partial charge in [0, 0.05) is 5.92 Å². The van der Waals surface area contributed by atoms with Crippen molar-refractivity contribution < 1.29 is 22.8 Å². The van der Waals surface area contributed by atoms with E-state index in [2.05, 4.69) is 5.32 Å². The molecule has 0 unspecified atom stereocenters. The Balaban J connectivity index is 2.80. The quantitative estimate of drug-likeness (QED) is 0.884. The second kappa shape index (κ2) is 5.73. The molecular formula is C12H13F3N2O2. The third kappa shape index (κ3) is 4.61. The van der Waals surface area contributed by atoms with Gasteiger partial charge < -0.3 is 11.1 Å². The van der Waals surface area contributed by atoms with Gasteiger partial charge >= 0.3 is 6.18 Å². The minimum absolute atomic E-state index is 0.0510. The first-order chi connectivity index (χ1) is 8.70. The number of hydrogen-bond acceptors (Lipinski definition) is 2. The number of primary amides is 1. The summed E-state index contributed by atoms with van der Waals surface area (Å²) in [5.41, 5.74) is 5.25. The molecule has 0 fully saturated rings. The highest BCUT2D eigenvalue weighted by Gasteiger charge is 2.33. The van der Waals surface area contributed by atoms with E-state index in [1.165, 1.54) is 24.3 Å². The molecule has 0 heterocycles. The second-order valence-electron chi connectivity index (χ2n) is 4.12. The van der Waals surface area contributed by atoms with E-state index in [0.29, 0.717) is 0 Å². The van der Waals surface area contributed by atoms with Crippen molar-refractivity contribution in [2.45, 2.75) is 19.5 Å². The van der Waals surface area contributed by atoms with Crippen molar-refractivity contribution >= 4 is 17.5 Å². The van der Waals surface area contributed by atoms with Crippen molar-refractivity contribution in [3.63, 3.8) is 0 Å². The Morgan fingerprint density at radius 3 is 2.42 bits per heavy atom. The molecule has 2 amide bonds. The normalized spacial score (nSPS) is 12.8. The highest BCUT2D eigenvalue weighted by atomic mass is 19.4.